The van der Waals surface area contributed by atoms with Gasteiger partial charge in [0.1, 0.15) is 11.5 Å². The first-order valence-electron chi connectivity index (χ1n) is 6.18. The summed E-state index contributed by atoms with van der Waals surface area (Å²) in [6.07, 6.45) is 0.820. The maximum atomic E-state index is 12.5. The van der Waals surface area contributed by atoms with Crippen molar-refractivity contribution in [3.05, 3.63) is 0 Å². The molecule has 0 aliphatic carbocycles. The van der Waals surface area contributed by atoms with Crippen molar-refractivity contribution in [2.75, 3.05) is 26.3 Å². The quantitative estimate of drug-likeness (QED) is 0.690. The minimum absolute atomic E-state index is 0.158. The zero-order valence-corrected chi connectivity index (χ0v) is 10.4. The minimum Gasteiger partial charge on any atom is -0.381 e. The van der Waals surface area contributed by atoms with Crippen LogP contribution in [0.25, 0.3) is 0 Å². The normalized spacial score (nSPS) is 27.2. The molecule has 98 valence electrons. The molecule has 2 heterocycles. The minimum atomic E-state index is -1.01. The Hall–Kier alpha value is -1.61. The first-order chi connectivity index (χ1) is 8.60. The van der Waals surface area contributed by atoms with E-state index in [2.05, 4.69) is 11.4 Å². The molecule has 0 bridgehead atoms. The zero-order chi connectivity index (χ0) is 13.2. The molecule has 1 unspecified atom stereocenters. The van der Waals surface area contributed by atoms with Crippen LogP contribution in [0.3, 0.4) is 0 Å². The number of ether oxygens (including phenoxy) is 1. The molecule has 6 nitrogen and oxygen atoms in total. The highest BCUT2D eigenvalue weighted by atomic mass is 16.5. The lowest BCUT2D eigenvalue weighted by Gasteiger charge is -2.39. The van der Waals surface area contributed by atoms with Crippen LogP contribution in [-0.4, -0.2) is 49.1 Å². The van der Waals surface area contributed by atoms with Crippen molar-refractivity contribution >= 4 is 11.8 Å². The zero-order valence-electron chi connectivity index (χ0n) is 10.4. The highest BCUT2D eigenvalue weighted by Gasteiger charge is 2.45. The van der Waals surface area contributed by atoms with E-state index in [1.165, 1.54) is 4.90 Å². The molecule has 0 spiro atoms. The maximum absolute atomic E-state index is 12.5. The van der Waals surface area contributed by atoms with Crippen LogP contribution >= 0.6 is 0 Å². The molecule has 0 saturated carbocycles. The van der Waals surface area contributed by atoms with E-state index in [1.807, 2.05) is 0 Å². The van der Waals surface area contributed by atoms with E-state index in [0.717, 1.165) is 0 Å². The highest BCUT2D eigenvalue weighted by molar-refractivity contribution is 5.92. The number of rotatable bonds is 1. The van der Waals surface area contributed by atoms with Gasteiger partial charge in [-0.2, -0.15) is 5.26 Å². The number of nitriles is 1. The SMILES string of the molecule is CC1C(=O)NCCN1C(=O)C1(C#N)CCOCC1. The van der Waals surface area contributed by atoms with Crippen molar-refractivity contribution in [1.29, 1.82) is 5.26 Å². The number of hydrogen-bond acceptors (Lipinski definition) is 4. The third-order valence-corrected chi connectivity index (χ3v) is 3.73. The molecule has 1 atom stereocenters. The topological polar surface area (TPSA) is 82.4 Å². The summed E-state index contributed by atoms with van der Waals surface area (Å²) in [6.45, 7) is 3.46. The van der Waals surface area contributed by atoms with Crippen molar-refractivity contribution in [2.24, 2.45) is 5.41 Å². The molecular formula is C12H17N3O3. The van der Waals surface area contributed by atoms with E-state index < -0.39 is 11.5 Å². The molecule has 2 saturated heterocycles. The maximum Gasteiger partial charge on any atom is 0.243 e. The Labute approximate surface area is 106 Å². The third-order valence-electron chi connectivity index (χ3n) is 3.73. The smallest absolute Gasteiger partial charge is 0.243 e. The lowest BCUT2D eigenvalue weighted by molar-refractivity contribution is -0.151. The van der Waals surface area contributed by atoms with Crippen LogP contribution in [0.2, 0.25) is 0 Å². The summed E-state index contributed by atoms with van der Waals surface area (Å²) < 4.78 is 5.21. The molecule has 0 radical (unpaired) electrons. The van der Waals surface area contributed by atoms with Crippen LogP contribution in [0.15, 0.2) is 0 Å². The number of nitrogens with one attached hydrogen (secondary N) is 1. The van der Waals surface area contributed by atoms with Gasteiger partial charge in [-0.15, -0.1) is 0 Å². The van der Waals surface area contributed by atoms with Gasteiger partial charge < -0.3 is 15.0 Å². The van der Waals surface area contributed by atoms with Gasteiger partial charge in [-0.3, -0.25) is 9.59 Å². The molecule has 2 aliphatic heterocycles. The summed E-state index contributed by atoms with van der Waals surface area (Å²) in [5.74, 6) is -0.384. The predicted molar refractivity (Wildman–Crippen MR) is 62.3 cm³/mol. The number of piperazine rings is 1. The van der Waals surface area contributed by atoms with Crippen molar-refractivity contribution in [3.8, 4) is 6.07 Å². The monoisotopic (exact) mass is 251 g/mol. The fraction of sp³-hybridized carbons (Fsp3) is 0.750. The molecule has 2 rings (SSSR count). The summed E-state index contributed by atoms with van der Waals surface area (Å²) in [6, 6.07) is 1.65. The molecule has 1 N–H and O–H groups in total. The van der Waals surface area contributed by atoms with Crippen LogP contribution in [0.1, 0.15) is 19.8 Å². The van der Waals surface area contributed by atoms with Gasteiger partial charge in [-0.25, -0.2) is 0 Å². The molecule has 6 heteroatoms. The number of hydrogen-bond donors (Lipinski definition) is 1. The fourth-order valence-electron chi connectivity index (χ4n) is 2.43. The average molecular weight is 251 g/mol. The average Bonchev–Trinajstić information content (AvgIpc) is 2.42. The molecule has 18 heavy (non-hydrogen) atoms. The Balaban J connectivity index is 2.18. The van der Waals surface area contributed by atoms with Gasteiger partial charge >= 0.3 is 0 Å². The molecule has 0 aromatic heterocycles. The summed E-state index contributed by atoms with van der Waals surface area (Å²) in [7, 11) is 0. The second-order valence-corrected chi connectivity index (χ2v) is 4.77. The second kappa shape index (κ2) is 4.94. The Bertz CT molecular complexity index is 396. The van der Waals surface area contributed by atoms with Gasteiger partial charge in [0.25, 0.3) is 0 Å². The van der Waals surface area contributed by atoms with E-state index in [0.29, 0.717) is 39.1 Å². The van der Waals surface area contributed by atoms with Crippen LogP contribution < -0.4 is 5.32 Å². The van der Waals surface area contributed by atoms with Crippen LogP contribution in [-0.2, 0) is 14.3 Å². The summed E-state index contributed by atoms with van der Waals surface area (Å²) in [5.41, 5.74) is -1.01. The third kappa shape index (κ3) is 2.06. The first kappa shape index (κ1) is 12.8. The van der Waals surface area contributed by atoms with Gasteiger partial charge in [-0.1, -0.05) is 0 Å². The Morgan fingerprint density at radius 2 is 2.22 bits per heavy atom. The lowest BCUT2D eigenvalue weighted by Crippen LogP contribution is -2.59. The van der Waals surface area contributed by atoms with Crippen molar-refractivity contribution in [3.63, 3.8) is 0 Å². The van der Waals surface area contributed by atoms with Crippen LogP contribution in [0, 0.1) is 16.7 Å². The van der Waals surface area contributed by atoms with Gasteiger partial charge in [0.2, 0.25) is 11.8 Å². The Morgan fingerprint density at radius 3 is 2.83 bits per heavy atom. The molecule has 0 aromatic carbocycles. The van der Waals surface area contributed by atoms with Crippen molar-refractivity contribution < 1.29 is 14.3 Å². The predicted octanol–water partition coefficient (Wildman–Crippen LogP) is -0.346. The van der Waals surface area contributed by atoms with E-state index >= 15 is 0 Å². The van der Waals surface area contributed by atoms with E-state index in [4.69, 9.17) is 4.74 Å². The number of nitrogens with zero attached hydrogens (tertiary/aromatic N) is 2. The van der Waals surface area contributed by atoms with Gasteiger partial charge in [0, 0.05) is 26.3 Å². The van der Waals surface area contributed by atoms with E-state index in [1.54, 1.807) is 6.92 Å². The molecule has 2 amide bonds. The van der Waals surface area contributed by atoms with Crippen LogP contribution in [0.5, 0.6) is 0 Å². The number of amides is 2. The summed E-state index contributed by atoms with van der Waals surface area (Å²) in [5, 5.41) is 12.1. The van der Waals surface area contributed by atoms with Gasteiger partial charge in [-0.05, 0) is 19.8 Å². The van der Waals surface area contributed by atoms with E-state index in [9.17, 15) is 14.9 Å². The molecule has 2 fully saturated rings. The molecular weight excluding hydrogens is 234 g/mol. The van der Waals surface area contributed by atoms with Crippen LogP contribution in [0.4, 0.5) is 0 Å². The summed E-state index contributed by atoms with van der Waals surface area (Å²) >= 11 is 0. The lowest BCUT2D eigenvalue weighted by atomic mass is 9.80. The second-order valence-electron chi connectivity index (χ2n) is 4.77. The summed E-state index contributed by atoms with van der Waals surface area (Å²) in [4.78, 5) is 25.6. The molecule has 2 aliphatic rings. The Kier molecular flexibility index (Phi) is 3.53. The standard InChI is InChI=1S/C12H17N3O3/c1-9-10(16)14-4-5-15(9)11(17)12(8-13)2-6-18-7-3-12/h9H,2-7H2,1H3,(H,14,16). The van der Waals surface area contributed by atoms with Crippen molar-refractivity contribution in [2.45, 2.75) is 25.8 Å². The molecule has 0 aromatic rings. The van der Waals surface area contributed by atoms with Gasteiger partial charge in [0.15, 0.2) is 0 Å². The first-order valence-corrected chi connectivity index (χ1v) is 6.18. The highest BCUT2D eigenvalue weighted by Crippen LogP contribution is 2.32. The van der Waals surface area contributed by atoms with Crippen molar-refractivity contribution in [1.82, 2.24) is 10.2 Å². The fourth-order valence-corrected chi connectivity index (χ4v) is 2.43. The largest absolute Gasteiger partial charge is 0.381 e. The number of carbonyl (C=O) groups is 2. The van der Waals surface area contributed by atoms with Gasteiger partial charge in [0.05, 0.1) is 6.07 Å². The number of carbonyl (C=O) groups excluding carboxylic acids is 2. The Morgan fingerprint density at radius 1 is 1.56 bits per heavy atom. The van der Waals surface area contributed by atoms with E-state index in [-0.39, 0.29) is 11.8 Å².